The smallest absolute Gasteiger partial charge is 0.328 e. The first-order valence-electron chi connectivity index (χ1n) is 5.80. The molecule has 0 bridgehead atoms. The van der Waals surface area contributed by atoms with Crippen molar-refractivity contribution in [2.45, 2.75) is 19.9 Å². The zero-order valence-corrected chi connectivity index (χ0v) is 11.8. The number of esters is 1. The van der Waals surface area contributed by atoms with E-state index in [0.717, 1.165) is 0 Å². The number of amides is 1. The number of ether oxygens (including phenoxy) is 1. The summed E-state index contributed by atoms with van der Waals surface area (Å²) in [5, 5.41) is 2.92. The Bertz CT molecular complexity index is 489. The van der Waals surface area contributed by atoms with Crippen LogP contribution in [0.25, 0.3) is 0 Å². The van der Waals surface area contributed by atoms with Crippen LogP contribution in [-0.2, 0) is 9.53 Å². The van der Waals surface area contributed by atoms with Gasteiger partial charge in [0.15, 0.2) is 0 Å². The van der Waals surface area contributed by atoms with Gasteiger partial charge in [-0.1, -0.05) is 25.4 Å². The molecule has 0 saturated carbocycles. The second-order valence-corrected chi connectivity index (χ2v) is 4.86. The fraction of sp³-hybridized carbons (Fsp3) is 0.385. The Morgan fingerprint density at radius 1 is 1.37 bits per heavy atom. The van der Waals surface area contributed by atoms with Crippen molar-refractivity contribution < 1.29 is 14.3 Å². The third kappa shape index (κ3) is 3.86. The zero-order valence-electron chi connectivity index (χ0n) is 11.1. The monoisotopic (exact) mass is 284 g/mol. The fourth-order valence-electron chi connectivity index (χ4n) is 1.52. The van der Waals surface area contributed by atoms with Gasteiger partial charge in [-0.25, -0.2) is 4.79 Å². The van der Waals surface area contributed by atoms with Gasteiger partial charge in [0.2, 0.25) is 0 Å². The molecule has 0 aliphatic heterocycles. The molecule has 0 aliphatic rings. The third-order valence-corrected chi connectivity index (χ3v) is 3.00. The maximum Gasteiger partial charge on any atom is 0.328 e. The number of nitrogens with two attached hydrogens (primary N) is 1. The summed E-state index contributed by atoms with van der Waals surface area (Å²) in [5.41, 5.74) is 6.31. The van der Waals surface area contributed by atoms with E-state index in [1.54, 1.807) is 12.1 Å². The van der Waals surface area contributed by atoms with Gasteiger partial charge in [0.25, 0.3) is 5.91 Å². The Hall–Kier alpha value is -1.75. The van der Waals surface area contributed by atoms with Crippen molar-refractivity contribution >= 4 is 29.2 Å². The first-order valence-corrected chi connectivity index (χ1v) is 6.18. The lowest BCUT2D eigenvalue weighted by molar-refractivity contribution is -0.144. The number of anilines is 1. The Morgan fingerprint density at radius 3 is 2.47 bits per heavy atom. The molecule has 0 aliphatic carbocycles. The van der Waals surface area contributed by atoms with E-state index >= 15 is 0 Å². The molecule has 0 radical (unpaired) electrons. The Morgan fingerprint density at radius 2 is 2.00 bits per heavy atom. The SMILES string of the molecule is COC(=O)[C@@H](NC(=O)c1ccc(N)c(Cl)c1)C(C)C. The highest BCUT2D eigenvalue weighted by Crippen LogP contribution is 2.19. The molecule has 0 unspecified atom stereocenters. The minimum atomic E-state index is -0.700. The van der Waals surface area contributed by atoms with Crippen LogP contribution >= 0.6 is 11.6 Å². The average molecular weight is 285 g/mol. The summed E-state index contributed by atoms with van der Waals surface area (Å²) < 4.78 is 4.65. The molecular weight excluding hydrogens is 268 g/mol. The minimum Gasteiger partial charge on any atom is -0.467 e. The van der Waals surface area contributed by atoms with Crippen LogP contribution in [0.1, 0.15) is 24.2 Å². The summed E-state index contributed by atoms with van der Waals surface area (Å²) in [5.74, 6) is -0.962. The first-order chi connectivity index (χ1) is 8.86. The van der Waals surface area contributed by atoms with Crippen LogP contribution in [0, 0.1) is 5.92 Å². The number of nitrogens with one attached hydrogen (secondary N) is 1. The topological polar surface area (TPSA) is 81.4 Å². The van der Waals surface area contributed by atoms with E-state index in [-0.39, 0.29) is 5.92 Å². The van der Waals surface area contributed by atoms with Crippen LogP contribution in [0.2, 0.25) is 5.02 Å². The highest BCUT2D eigenvalue weighted by Gasteiger charge is 2.25. The van der Waals surface area contributed by atoms with E-state index in [1.807, 2.05) is 13.8 Å². The molecule has 1 aromatic carbocycles. The fourth-order valence-corrected chi connectivity index (χ4v) is 1.70. The zero-order chi connectivity index (χ0) is 14.6. The standard InChI is InChI=1S/C13H17ClN2O3/c1-7(2)11(13(18)19-3)16-12(17)8-4-5-10(15)9(14)6-8/h4-7,11H,15H2,1-3H3,(H,16,17)/t11-/m0/s1. The minimum absolute atomic E-state index is 0.0827. The Balaban J connectivity index is 2.87. The molecule has 0 fully saturated rings. The lowest BCUT2D eigenvalue weighted by atomic mass is 10.0. The molecule has 0 saturated heterocycles. The number of benzene rings is 1. The van der Waals surface area contributed by atoms with Gasteiger partial charge >= 0.3 is 5.97 Å². The van der Waals surface area contributed by atoms with E-state index in [2.05, 4.69) is 10.1 Å². The Kier molecular flexibility index (Phi) is 5.18. The van der Waals surface area contributed by atoms with E-state index in [0.29, 0.717) is 16.3 Å². The maximum absolute atomic E-state index is 12.0. The summed E-state index contributed by atoms with van der Waals surface area (Å²) in [7, 11) is 1.28. The van der Waals surface area contributed by atoms with Crippen molar-refractivity contribution in [3.8, 4) is 0 Å². The molecule has 6 heteroatoms. The summed E-state index contributed by atoms with van der Waals surface area (Å²) in [6, 6.07) is 3.85. The van der Waals surface area contributed by atoms with Crippen LogP contribution in [0.5, 0.6) is 0 Å². The molecule has 19 heavy (non-hydrogen) atoms. The molecule has 0 heterocycles. The van der Waals surface area contributed by atoms with Crippen LogP contribution in [0.3, 0.4) is 0 Å². The predicted molar refractivity (Wildman–Crippen MR) is 74.0 cm³/mol. The van der Waals surface area contributed by atoms with Crippen LogP contribution in [-0.4, -0.2) is 25.0 Å². The van der Waals surface area contributed by atoms with Crippen molar-refractivity contribution in [2.75, 3.05) is 12.8 Å². The van der Waals surface area contributed by atoms with Gasteiger partial charge < -0.3 is 15.8 Å². The van der Waals surface area contributed by atoms with Gasteiger partial charge in [0.05, 0.1) is 17.8 Å². The lowest BCUT2D eigenvalue weighted by Crippen LogP contribution is -2.45. The predicted octanol–water partition coefficient (Wildman–Crippen LogP) is 1.85. The number of halogens is 1. The summed E-state index contributed by atoms with van der Waals surface area (Å²) >= 11 is 5.85. The van der Waals surface area contributed by atoms with Crippen molar-refractivity contribution in [1.29, 1.82) is 0 Å². The van der Waals surface area contributed by atoms with Gasteiger partial charge in [-0.2, -0.15) is 0 Å². The lowest BCUT2D eigenvalue weighted by Gasteiger charge is -2.19. The second-order valence-electron chi connectivity index (χ2n) is 4.45. The normalized spacial score (nSPS) is 12.1. The average Bonchev–Trinajstić information content (AvgIpc) is 2.37. The summed E-state index contributed by atoms with van der Waals surface area (Å²) in [6.07, 6.45) is 0. The van der Waals surface area contributed by atoms with Gasteiger partial charge in [-0.15, -0.1) is 0 Å². The molecule has 0 spiro atoms. The summed E-state index contributed by atoms with van der Waals surface area (Å²) in [6.45, 7) is 3.63. The molecule has 1 rings (SSSR count). The van der Waals surface area contributed by atoms with Crippen LogP contribution < -0.4 is 11.1 Å². The Labute approximate surface area is 117 Å². The largest absolute Gasteiger partial charge is 0.467 e. The number of hydrogen-bond donors (Lipinski definition) is 2. The summed E-state index contributed by atoms with van der Waals surface area (Å²) in [4.78, 5) is 23.6. The number of hydrogen-bond acceptors (Lipinski definition) is 4. The molecular formula is C13H17ClN2O3. The second kappa shape index (κ2) is 6.43. The molecule has 104 valence electrons. The van der Waals surface area contributed by atoms with Gasteiger partial charge in [0.1, 0.15) is 6.04 Å². The third-order valence-electron chi connectivity index (χ3n) is 2.67. The number of rotatable bonds is 4. The van der Waals surface area contributed by atoms with E-state index in [4.69, 9.17) is 17.3 Å². The highest BCUT2D eigenvalue weighted by molar-refractivity contribution is 6.33. The van der Waals surface area contributed by atoms with Gasteiger partial charge in [-0.05, 0) is 24.1 Å². The van der Waals surface area contributed by atoms with Crippen LogP contribution in [0.15, 0.2) is 18.2 Å². The number of carbonyl (C=O) groups is 2. The van der Waals surface area contributed by atoms with Gasteiger partial charge in [0, 0.05) is 5.56 Å². The van der Waals surface area contributed by atoms with Gasteiger partial charge in [-0.3, -0.25) is 4.79 Å². The quantitative estimate of drug-likeness (QED) is 0.653. The molecule has 0 aromatic heterocycles. The number of carbonyl (C=O) groups excluding carboxylic acids is 2. The van der Waals surface area contributed by atoms with Crippen molar-refractivity contribution in [3.05, 3.63) is 28.8 Å². The van der Waals surface area contributed by atoms with Crippen molar-refractivity contribution in [1.82, 2.24) is 5.32 Å². The molecule has 1 atom stereocenters. The molecule has 1 amide bonds. The number of methoxy groups -OCH3 is 1. The molecule has 3 N–H and O–H groups in total. The van der Waals surface area contributed by atoms with Crippen molar-refractivity contribution in [3.63, 3.8) is 0 Å². The maximum atomic E-state index is 12.0. The number of nitrogen functional groups attached to an aromatic ring is 1. The first kappa shape index (κ1) is 15.3. The van der Waals surface area contributed by atoms with E-state index < -0.39 is 17.9 Å². The molecule has 1 aromatic rings. The van der Waals surface area contributed by atoms with E-state index in [1.165, 1.54) is 13.2 Å². The molecule has 5 nitrogen and oxygen atoms in total. The van der Waals surface area contributed by atoms with Crippen molar-refractivity contribution in [2.24, 2.45) is 5.92 Å². The highest BCUT2D eigenvalue weighted by atomic mass is 35.5. The van der Waals surface area contributed by atoms with E-state index in [9.17, 15) is 9.59 Å². The van der Waals surface area contributed by atoms with Crippen LogP contribution in [0.4, 0.5) is 5.69 Å².